The highest BCUT2D eigenvalue weighted by Gasteiger charge is 2.38. The molecule has 33 heavy (non-hydrogen) atoms. The van der Waals surface area contributed by atoms with Crippen molar-refractivity contribution in [1.82, 2.24) is 15.2 Å². The van der Waals surface area contributed by atoms with E-state index < -0.39 is 47.9 Å². The van der Waals surface area contributed by atoms with Crippen molar-refractivity contribution in [3.63, 3.8) is 0 Å². The van der Waals surface area contributed by atoms with E-state index in [1.165, 1.54) is 0 Å². The Morgan fingerprint density at radius 2 is 1.58 bits per heavy atom. The molecule has 3 aromatic rings. The molecule has 1 aromatic heterocycles. The number of nitrogens with one attached hydrogen (secondary N) is 2. The van der Waals surface area contributed by atoms with Crippen LogP contribution < -0.4 is 5.32 Å². The van der Waals surface area contributed by atoms with E-state index in [2.05, 4.69) is 10.3 Å². The molecule has 1 saturated heterocycles. The Morgan fingerprint density at radius 3 is 2.21 bits per heavy atom. The van der Waals surface area contributed by atoms with Gasteiger partial charge < -0.3 is 15.2 Å². The van der Waals surface area contributed by atoms with Crippen LogP contribution in [0.1, 0.15) is 22.3 Å². The summed E-state index contributed by atoms with van der Waals surface area (Å²) < 4.78 is 78.8. The van der Waals surface area contributed by atoms with Gasteiger partial charge in [-0.2, -0.15) is 26.3 Å². The van der Waals surface area contributed by atoms with E-state index in [0.29, 0.717) is 18.6 Å². The number of para-hydroxylation sites is 1. The molecule has 11 heteroatoms. The number of halogens is 6. The molecule has 0 radical (unpaired) electrons. The highest BCUT2D eigenvalue weighted by molar-refractivity contribution is 6.35. The lowest BCUT2D eigenvalue weighted by molar-refractivity contribution is -0.150. The second-order valence-electron chi connectivity index (χ2n) is 7.83. The molecular weight excluding hydrogens is 452 g/mol. The highest BCUT2D eigenvalue weighted by Crippen LogP contribution is 2.36. The summed E-state index contributed by atoms with van der Waals surface area (Å²) in [5, 5.41) is 3.46. The number of hydrogen-bond acceptors (Lipinski definition) is 2. The first-order chi connectivity index (χ1) is 15.4. The number of H-pyrrole nitrogens is 1. The zero-order chi connectivity index (χ0) is 24.0. The normalized spacial score (nSPS) is 17.5. The SMILES string of the molecule is O=C1N[C@@H](Cc2c[nH]c3ccccc23)CN(Cc2cc(C(F)(F)F)cc(C(F)(F)F)c2)C1=O. The third kappa shape index (κ3) is 4.81. The van der Waals surface area contributed by atoms with Gasteiger partial charge in [-0.15, -0.1) is 0 Å². The van der Waals surface area contributed by atoms with Crippen LogP contribution >= 0.6 is 0 Å². The summed E-state index contributed by atoms with van der Waals surface area (Å²) in [6, 6.07) is 7.98. The number of carbonyl (C=O) groups is 2. The van der Waals surface area contributed by atoms with E-state index in [4.69, 9.17) is 0 Å². The van der Waals surface area contributed by atoms with Gasteiger partial charge in [0.2, 0.25) is 0 Å². The minimum absolute atomic E-state index is 0.0219. The number of alkyl halides is 6. The topological polar surface area (TPSA) is 65.2 Å². The van der Waals surface area contributed by atoms with Crippen molar-refractivity contribution in [3.05, 3.63) is 70.9 Å². The van der Waals surface area contributed by atoms with Gasteiger partial charge in [-0.05, 0) is 41.8 Å². The number of aromatic nitrogens is 1. The van der Waals surface area contributed by atoms with Gasteiger partial charge in [-0.3, -0.25) is 9.59 Å². The summed E-state index contributed by atoms with van der Waals surface area (Å²) in [5.74, 6) is -1.98. The number of aromatic amines is 1. The van der Waals surface area contributed by atoms with Crippen LogP contribution in [-0.4, -0.2) is 34.3 Å². The van der Waals surface area contributed by atoms with E-state index in [9.17, 15) is 35.9 Å². The van der Waals surface area contributed by atoms with Gasteiger partial charge in [0.1, 0.15) is 0 Å². The summed E-state index contributed by atoms with van der Waals surface area (Å²) in [7, 11) is 0. The molecule has 0 bridgehead atoms. The predicted octanol–water partition coefficient (Wildman–Crippen LogP) is 4.28. The smallest absolute Gasteiger partial charge is 0.361 e. The molecule has 1 fully saturated rings. The molecule has 0 spiro atoms. The lowest BCUT2D eigenvalue weighted by Gasteiger charge is -2.33. The van der Waals surface area contributed by atoms with Crippen LogP contribution in [-0.2, 0) is 34.9 Å². The van der Waals surface area contributed by atoms with Crippen molar-refractivity contribution in [3.8, 4) is 0 Å². The first kappa shape index (κ1) is 22.7. The molecule has 1 aliphatic heterocycles. The maximum atomic E-state index is 13.1. The molecular formula is C22H17F6N3O2. The Morgan fingerprint density at radius 1 is 0.939 bits per heavy atom. The number of hydrogen-bond donors (Lipinski definition) is 2. The molecule has 0 aliphatic carbocycles. The Kier molecular flexibility index (Phi) is 5.59. The summed E-state index contributed by atoms with van der Waals surface area (Å²) >= 11 is 0. The Labute approximate surface area is 183 Å². The average molecular weight is 469 g/mol. The van der Waals surface area contributed by atoms with E-state index in [-0.39, 0.29) is 18.2 Å². The highest BCUT2D eigenvalue weighted by atomic mass is 19.4. The molecule has 2 aromatic carbocycles. The lowest BCUT2D eigenvalue weighted by atomic mass is 10.0. The largest absolute Gasteiger partial charge is 0.416 e. The van der Waals surface area contributed by atoms with Gasteiger partial charge in [0.05, 0.1) is 17.2 Å². The molecule has 0 unspecified atom stereocenters. The first-order valence-corrected chi connectivity index (χ1v) is 9.85. The van der Waals surface area contributed by atoms with Crippen molar-refractivity contribution >= 4 is 22.7 Å². The molecule has 4 rings (SSSR count). The summed E-state index contributed by atoms with van der Waals surface area (Å²) in [6.07, 6.45) is -7.94. The Bertz CT molecular complexity index is 1180. The van der Waals surface area contributed by atoms with Crippen molar-refractivity contribution in [1.29, 1.82) is 0 Å². The lowest BCUT2D eigenvalue weighted by Crippen LogP contribution is -2.57. The molecule has 174 valence electrons. The summed E-state index contributed by atoms with van der Waals surface area (Å²) in [6.45, 7) is -0.634. The van der Waals surface area contributed by atoms with Crippen LogP contribution in [0.3, 0.4) is 0 Å². The quantitative estimate of drug-likeness (QED) is 0.443. The molecule has 2 heterocycles. The minimum atomic E-state index is -5.00. The number of piperazine rings is 1. The van der Waals surface area contributed by atoms with Gasteiger partial charge in [-0.1, -0.05) is 18.2 Å². The molecule has 1 aliphatic rings. The van der Waals surface area contributed by atoms with E-state index in [0.717, 1.165) is 21.4 Å². The summed E-state index contributed by atoms with van der Waals surface area (Å²) in [5.41, 5.74) is -1.60. The predicted molar refractivity (Wildman–Crippen MR) is 106 cm³/mol. The number of amides is 2. The molecule has 2 N–H and O–H groups in total. The van der Waals surface area contributed by atoms with Gasteiger partial charge in [0.25, 0.3) is 0 Å². The maximum Gasteiger partial charge on any atom is 0.416 e. The fourth-order valence-corrected chi connectivity index (χ4v) is 3.93. The van der Waals surface area contributed by atoms with Crippen molar-refractivity contribution in [2.75, 3.05) is 6.54 Å². The zero-order valence-corrected chi connectivity index (χ0v) is 16.8. The van der Waals surface area contributed by atoms with Gasteiger partial charge in [0, 0.05) is 30.2 Å². The number of benzene rings is 2. The molecule has 0 saturated carbocycles. The second-order valence-corrected chi connectivity index (χ2v) is 7.83. The number of carbonyl (C=O) groups excluding carboxylic acids is 2. The maximum absolute atomic E-state index is 13.1. The third-order valence-corrected chi connectivity index (χ3v) is 5.42. The van der Waals surface area contributed by atoms with E-state index in [1.54, 1.807) is 6.20 Å². The van der Waals surface area contributed by atoms with E-state index >= 15 is 0 Å². The minimum Gasteiger partial charge on any atom is -0.361 e. The molecule has 1 atom stereocenters. The molecule has 2 amide bonds. The van der Waals surface area contributed by atoms with Crippen LogP contribution in [0.5, 0.6) is 0 Å². The van der Waals surface area contributed by atoms with Crippen molar-refractivity contribution in [2.45, 2.75) is 31.4 Å². The van der Waals surface area contributed by atoms with Gasteiger partial charge in [-0.25, -0.2) is 0 Å². The first-order valence-electron chi connectivity index (χ1n) is 9.85. The second kappa shape index (κ2) is 8.13. The van der Waals surface area contributed by atoms with Crippen LogP contribution in [0.4, 0.5) is 26.3 Å². The van der Waals surface area contributed by atoms with E-state index in [1.807, 2.05) is 24.3 Å². The third-order valence-electron chi connectivity index (χ3n) is 5.42. The fraction of sp³-hybridized carbons (Fsp3) is 0.273. The van der Waals surface area contributed by atoms with Crippen molar-refractivity contribution < 1.29 is 35.9 Å². The van der Waals surface area contributed by atoms with Crippen molar-refractivity contribution in [2.24, 2.45) is 0 Å². The van der Waals surface area contributed by atoms with Crippen LogP contribution in [0.25, 0.3) is 10.9 Å². The molecule has 5 nitrogen and oxygen atoms in total. The van der Waals surface area contributed by atoms with Crippen LogP contribution in [0.2, 0.25) is 0 Å². The van der Waals surface area contributed by atoms with Crippen LogP contribution in [0.15, 0.2) is 48.7 Å². The van der Waals surface area contributed by atoms with Gasteiger partial charge >= 0.3 is 24.2 Å². The Balaban J connectivity index is 1.59. The zero-order valence-electron chi connectivity index (χ0n) is 16.8. The number of nitrogens with zero attached hydrogens (tertiary/aromatic N) is 1. The standard InChI is InChI=1S/C22H17F6N3O2/c23-21(24,25)14-5-12(6-15(8-14)22(26,27)28)10-31-11-16(30-19(32)20(31)33)7-13-9-29-18-4-2-1-3-17(13)18/h1-6,8-9,16,29H,7,10-11H2,(H,30,32)/t16-/m0/s1. The fourth-order valence-electron chi connectivity index (χ4n) is 3.93. The van der Waals surface area contributed by atoms with Crippen LogP contribution in [0, 0.1) is 0 Å². The summed E-state index contributed by atoms with van der Waals surface area (Å²) in [4.78, 5) is 28.5. The van der Waals surface area contributed by atoms with Gasteiger partial charge in [0.15, 0.2) is 0 Å². The monoisotopic (exact) mass is 469 g/mol. The Hall–Kier alpha value is -3.50. The number of rotatable bonds is 4. The average Bonchev–Trinajstić information content (AvgIpc) is 3.13. The number of fused-ring (bicyclic) bond motifs is 1.